The third-order valence-electron chi connectivity index (χ3n) is 0.287. The first-order chi connectivity index (χ1) is 2.41. The van der Waals surface area contributed by atoms with E-state index in [0.29, 0.717) is 6.44 Å². The first kappa shape index (κ1) is 4.82. The van der Waals surface area contributed by atoms with Crippen molar-refractivity contribution < 1.29 is 4.70 Å². The van der Waals surface area contributed by atoms with E-state index in [2.05, 4.69) is 5.32 Å². The number of rotatable bonds is 2. The van der Waals surface area contributed by atoms with Gasteiger partial charge in [-0.05, 0) is 0 Å². The molecule has 0 fully saturated rings. The molecule has 0 saturated heterocycles. The fourth-order valence-corrected chi connectivity index (χ4v) is 0.0833. The first-order valence-electron chi connectivity index (χ1n) is 1.50. The molecule has 0 unspecified atom stereocenters. The Morgan fingerprint density at radius 2 is 2.60 bits per heavy atom. The Morgan fingerprint density at radius 3 is 2.60 bits per heavy atom. The van der Waals surface area contributed by atoms with Crippen LogP contribution in [0.4, 0.5) is 0 Å². The molecule has 0 saturated carbocycles. The van der Waals surface area contributed by atoms with Gasteiger partial charge in [-0.3, -0.25) is 0 Å². The minimum atomic E-state index is 0.458. The number of hydrogen-bond donors (Lipinski definition) is 1. The second kappa shape index (κ2) is 3.82. The van der Waals surface area contributed by atoms with Gasteiger partial charge in [0.05, 0.1) is 0 Å². The van der Waals surface area contributed by atoms with Gasteiger partial charge in [0.15, 0.2) is 0 Å². The van der Waals surface area contributed by atoms with Gasteiger partial charge < -0.3 is 0 Å². The summed E-state index contributed by atoms with van der Waals surface area (Å²) >= 11 is 0. The summed E-state index contributed by atoms with van der Waals surface area (Å²) in [4.78, 5) is 0. The van der Waals surface area contributed by atoms with Gasteiger partial charge in [-0.25, -0.2) is 0 Å². The van der Waals surface area contributed by atoms with Crippen LogP contribution in [0.25, 0.3) is 0 Å². The van der Waals surface area contributed by atoms with Crippen molar-refractivity contribution >= 4 is 7.15 Å². The molecule has 0 amide bonds. The van der Waals surface area contributed by atoms with E-state index in [1.165, 1.54) is 0 Å². The third kappa shape index (κ3) is 3.82. The van der Waals surface area contributed by atoms with E-state index in [4.69, 9.17) is 0 Å². The Labute approximate surface area is 31.8 Å². The standard InChI is InChI=1S/C2H6BNO/c1-4-2-3-5/h4H,2H2,1H3. The van der Waals surface area contributed by atoms with E-state index in [0.717, 1.165) is 7.15 Å². The molecular weight excluding hydrogens is 64.8 g/mol. The van der Waals surface area contributed by atoms with Crippen molar-refractivity contribution in [3.8, 4) is 0 Å². The van der Waals surface area contributed by atoms with Crippen LogP contribution >= 0.6 is 0 Å². The topological polar surface area (TPSA) is 29.1 Å². The summed E-state index contributed by atoms with van der Waals surface area (Å²) in [5.41, 5.74) is 0. The maximum atomic E-state index is 9.34. The van der Waals surface area contributed by atoms with Crippen molar-refractivity contribution in [1.29, 1.82) is 0 Å². The molecule has 0 atom stereocenters. The molecule has 5 heavy (non-hydrogen) atoms. The van der Waals surface area contributed by atoms with Gasteiger partial charge >= 0.3 is 30.7 Å². The van der Waals surface area contributed by atoms with Crippen molar-refractivity contribution in [3.63, 3.8) is 0 Å². The van der Waals surface area contributed by atoms with Crippen LogP contribution in [0, 0.1) is 0 Å². The quantitative estimate of drug-likeness (QED) is 0.432. The van der Waals surface area contributed by atoms with Crippen LogP contribution in [0.3, 0.4) is 0 Å². The van der Waals surface area contributed by atoms with Gasteiger partial charge in [-0.1, -0.05) is 0 Å². The predicted molar refractivity (Wildman–Crippen MR) is 20.4 cm³/mol. The average molecular weight is 70.9 g/mol. The molecule has 0 aromatic rings. The Bertz CT molecular complexity index is 30.8. The SMILES string of the molecule is CNCB=O. The average Bonchev–Trinajstić information content (AvgIpc) is 1.41. The van der Waals surface area contributed by atoms with Crippen molar-refractivity contribution in [2.45, 2.75) is 0 Å². The van der Waals surface area contributed by atoms with Crippen LogP contribution in [0.1, 0.15) is 0 Å². The van der Waals surface area contributed by atoms with Gasteiger partial charge in [0, 0.05) is 0 Å². The summed E-state index contributed by atoms with van der Waals surface area (Å²) in [7, 11) is 2.55. The molecule has 2 nitrogen and oxygen atoms in total. The fraction of sp³-hybridized carbons (Fsp3) is 1.00. The molecule has 0 aliphatic rings. The Morgan fingerprint density at radius 1 is 2.00 bits per heavy atom. The normalized spacial score (nSPS) is 6.60. The van der Waals surface area contributed by atoms with E-state index in [-0.39, 0.29) is 0 Å². The molecular formula is C2H6BNO. The van der Waals surface area contributed by atoms with Crippen LogP contribution in [0.2, 0.25) is 0 Å². The summed E-state index contributed by atoms with van der Waals surface area (Å²) in [5, 5.41) is 2.65. The molecule has 0 aliphatic heterocycles. The monoisotopic (exact) mass is 71.1 g/mol. The molecule has 0 heterocycles. The molecule has 28 valence electrons. The molecule has 0 aliphatic carbocycles. The van der Waals surface area contributed by atoms with Crippen molar-refractivity contribution in [1.82, 2.24) is 5.32 Å². The third-order valence-corrected chi connectivity index (χ3v) is 0.287. The van der Waals surface area contributed by atoms with Gasteiger partial charge in [-0.15, -0.1) is 0 Å². The van der Waals surface area contributed by atoms with Gasteiger partial charge in [0.25, 0.3) is 0 Å². The van der Waals surface area contributed by atoms with Crippen molar-refractivity contribution in [2.75, 3.05) is 13.5 Å². The zero-order valence-electron chi connectivity index (χ0n) is 3.19. The number of hydrogen-bond acceptors (Lipinski definition) is 2. The van der Waals surface area contributed by atoms with Gasteiger partial charge in [-0.2, -0.15) is 0 Å². The molecule has 0 bridgehead atoms. The molecule has 0 radical (unpaired) electrons. The Kier molecular flexibility index (Phi) is 3.69. The van der Waals surface area contributed by atoms with Crippen LogP contribution in [-0.2, 0) is 4.70 Å². The number of nitrogens with one attached hydrogen (secondary N) is 1. The zero-order chi connectivity index (χ0) is 4.12. The van der Waals surface area contributed by atoms with Crippen LogP contribution in [-0.4, -0.2) is 20.6 Å². The van der Waals surface area contributed by atoms with E-state index in [1.54, 1.807) is 7.05 Å². The molecule has 0 aromatic heterocycles. The second-order valence-corrected chi connectivity index (χ2v) is 0.724. The van der Waals surface area contributed by atoms with E-state index in [1.807, 2.05) is 0 Å². The molecule has 0 aromatic carbocycles. The minimum absolute atomic E-state index is 0.458. The summed E-state index contributed by atoms with van der Waals surface area (Å²) in [6.07, 6.45) is 0.458. The predicted octanol–water partition coefficient (Wildman–Crippen LogP) is -0.787. The van der Waals surface area contributed by atoms with Crippen LogP contribution < -0.4 is 5.32 Å². The summed E-state index contributed by atoms with van der Waals surface area (Å²) in [6, 6.07) is 0. The second-order valence-electron chi connectivity index (χ2n) is 0.724. The molecule has 1 N–H and O–H groups in total. The zero-order valence-corrected chi connectivity index (χ0v) is 3.19. The Hall–Kier alpha value is -0.175. The van der Waals surface area contributed by atoms with Gasteiger partial charge in [0.2, 0.25) is 0 Å². The van der Waals surface area contributed by atoms with Crippen LogP contribution in [0.15, 0.2) is 0 Å². The molecule has 3 heteroatoms. The van der Waals surface area contributed by atoms with Crippen molar-refractivity contribution in [2.24, 2.45) is 0 Å². The van der Waals surface area contributed by atoms with Gasteiger partial charge in [0.1, 0.15) is 0 Å². The van der Waals surface area contributed by atoms with Crippen molar-refractivity contribution in [3.05, 3.63) is 0 Å². The molecule has 0 rings (SSSR count). The van der Waals surface area contributed by atoms with E-state index >= 15 is 0 Å². The maximum absolute atomic E-state index is 9.34. The summed E-state index contributed by atoms with van der Waals surface area (Å²) in [5.74, 6) is 0. The summed E-state index contributed by atoms with van der Waals surface area (Å²) in [6.45, 7) is 0. The first-order valence-corrected chi connectivity index (χ1v) is 1.50. The van der Waals surface area contributed by atoms with Crippen LogP contribution in [0.5, 0.6) is 0 Å². The summed E-state index contributed by atoms with van der Waals surface area (Å²) < 4.78 is 9.34. The van der Waals surface area contributed by atoms with E-state index < -0.39 is 0 Å². The molecule has 0 spiro atoms. The van der Waals surface area contributed by atoms with E-state index in [9.17, 15) is 4.70 Å². The Balaban J connectivity index is 2.40. The fourth-order valence-electron chi connectivity index (χ4n) is 0.0833.